The summed E-state index contributed by atoms with van der Waals surface area (Å²) in [5, 5.41) is 11.1. The summed E-state index contributed by atoms with van der Waals surface area (Å²) in [6.07, 6.45) is 14.6. The molecule has 47 heavy (non-hydrogen) atoms. The summed E-state index contributed by atoms with van der Waals surface area (Å²) in [5.41, 5.74) is 4.27. The Kier molecular flexibility index (Phi) is 14.6. The van der Waals surface area contributed by atoms with Crippen LogP contribution in [0.1, 0.15) is 106 Å². The maximum atomic E-state index is 13.4. The van der Waals surface area contributed by atoms with Crippen LogP contribution in [0.15, 0.2) is 71.3 Å². The summed E-state index contributed by atoms with van der Waals surface area (Å²) in [7, 11) is 0. The molecule has 0 unspecified atom stereocenters. The highest BCUT2D eigenvalue weighted by molar-refractivity contribution is 6.04. The average molecular weight is 644 g/mol. The molecule has 254 valence electrons. The van der Waals surface area contributed by atoms with Crippen LogP contribution in [-0.4, -0.2) is 53.5 Å². The number of rotatable bonds is 13. The normalized spacial score (nSPS) is 15.8. The number of amides is 2. The van der Waals surface area contributed by atoms with Gasteiger partial charge in [0.2, 0.25) is 5.91 Å². The van der Waals surface area contributed by atoms with Crippen molar-refractivity contribution >= 4 is 29.2 Å². The van der Waals surface area contributed by atoms with Crippen LogP contribution >= 0.6 is 0 Å². The Morgan fingerprint density at radius 1 is 0.915 bits per heavy atom. The fourth-order valence-corrected chi connectivity index (χ4v) is 6.71. The molecule has 1 saturated carbocycles. The number of carbonyl (C=O) groups excluding carboxylic acids is 2. The number of carboxylic acids is 1. The maximum absolute atomic E-state index is 13.4. The number of aryl methyl sites for hydroxylation is 2. The lowest BCUT2D eigenvalue weighted by atomic mass is 9.86. The van der Waals surface area contributed by atoms with Crippen molar-refractivity contribution in [3.8, 4) is 0 Å². The second-order valence-corrected chi connectivity index (χ2v) is 13.1. The highest BCUT2D eigenvalue weighted by Gasteiger charge is 2.31. The van der Waals surface area contributed by atoms with E-state index in [1.54, 1.807) is 18.4 Å². The first-order valence-corrected chi connectivity index (χ1v) is 17.6. The topological polar surface area (TPSA) is 103 Å². The molecule has 1 aliphatic heterocycles. The Morgan fingerprint density at radius 3 is 2.28 bits per heavy atom. The predicted molar refractivity (Wildman–Crippen MR) is 188 cm³/mol. The molecule has 3 aromatic rings. The monoisotopic (exact) mass is 643 g/mol. The zero-order chi connectivity index (χ0) is 33.4. The molecule has 5 rings (SSSR count). The van der Waals surface area contributed by atoms with E-state index >= 15 is 0 Å². The van der Waals surface area contributed by atoms with Crippen LogP contribution in [0.3, 0.4) is 0 Å². The van der Waals surface area contributed by atoms with Crippen molar-refractivity contribution in [3.05, 3.63) is 83.8 Å². The summed E-state index contributed by atoms with van der Waals surface area (Å²) in [5.74, 6) is 0.466. The molecule has 2 amide bonds. The van der Waals surface area contributed by atoms with Crippen LogP contribution < -0.4 is 10.2 Å². The van der Waals surface area contributed by atoms with Crippen molar-refractivity contribution < 1.29 is 23.9 Å². The number of hydrogen-bond donors (Lipinski definition) is 2. The molecule has 2 fully saturated rings. The number of carbonyl (C=O) groups is 3. The first-order valence-electron chi connectivity index (χ1n) is 17.6. The van der Waals surface area contributed by atoms with Crippen LogP contribution in [0.25, 0.3) is 0 Å². The zero-order valence-corrected chi connectivity index (χ0v) is 28.3. The summed E-state index contributed by atoms with van der Waals surface area (Å²) < 4.78 is 5.48. The number of anilines is 2. The molecule has 0 atom stereocenters. The van der Waals surface area contributed by atoms with Crippen molar-refractivity contribution in [2.45, 2.75) is 103 Å². The Morgan fingerprint density at radius 2 is 1.64 bits per heavy atom. The maximum Gasteiger partial charge on any atom is 0.303 e. The van der Waals surface area contributed by atoms with Gasteiger partial charge in [0, 0.05) is 43.3 Å². The van der Waals surface area contributed by atoms with E-state index in [4.69, 9.17) is 9.52 Å². The first-order chi connectivity index (χ1) is 22.8. The van der Waals surface area contributed by atoms with Gasteiger partial charge in [-0.1, -0.05) is 74.9 Å². The first kappa shape index (κ1) is 35.9. The van der Waals surface area contributed by atoms with Gasteiger partial charge in [-0.15, -0.1) is 0 Å². The summed E-state index contributed by atoms with van der Waals surface area (Å²) >= 11 is 0. The molecule has 2 aromatic carbocycles. The van der Waals surface area contributed by atoms with Crippen molar-refractivity contribution in [2.24, 2.45) is 5.92 Å². The molecule has 0 spiro atoms. The SMILES string of the molecule is CCCC(=O)O.Cc1ccc(N(C(=O)c2ccco2)C2CCN(CCCc3ccccc3NC(=O)CCC3CCCCC3)CC2)cc1. The van der Waals surface area contributed by atoms with E-state index in [0.717, 1.165) is 75.5 Å². The molecular weight excluding hydrogens is 590 g/mol. The minimum atomic E-state index is -0.711. The Balaban J connectivity index is 0.000000762. The lowest BCUT2D eigenvalue weighted by Crippen LogP contribution is -2.47. The Bertz CT molecular complexity index is 1370. The van der Waals surface area contributed by atoms with E-state index < -0.39 is 5.97 Å². The fourth-order valence-electron chi connectivity index (χ4n) is 6.71. The number of nitrogens with zero attached hydrogens (tertiary/aromatic N) is 2. The number of hydrogen-bond acceptors (Lipinski definition) is 5. The molecule has 2 aliphatic rings. The van der Waals surface area contributed by atoms with Crippen molar-refractivity contribution in [2.75, 3.05) is 29.9 Å². The van der Waals surface area contributed by atoms with Crippen molar-refractivity contribution in [1.82, 2.24) is 4.90 Å². The van der Waals surface area contributed by atoms with Gasteiger partial charge in [-0.3, -0.25) is 14.4 Å². The number of aliphatic carboxylic acids is 1. The van der Waals surface area contributed by atoms with Gasteiger partial charge in [0.1, 0.15) is 0 Å². The number of nitrogens with one attached hydrogen (secondary N) is 1. The van der Waals surface area contributed by atoms with Crippen LogP contribution in [0, 0.1) is 12.8 Å². The third kappa shape index (κ3) is 11.7. The third-order valence-electron chi connectivity index (χ3n) is 9.37. The quantitative estimate of drug-likeness (QED) is 0.194. The second kappa shape index (κ2) is 19.0. The Hall–Kier alpha value is -3.91. The lowest BCUT2D eigenvalue weighted by Gasteiger charge is -2.38. The van der Waals surface area contributed by atoms with Gasteiger partial charge in [-0.05, 0) is 93.8 Å². The minimum Gasteiger partial charge on any atom is -0.481 e. The predicted octanol–water partition coefficient (Wildman–Crippen LogP) is 8.50. The van der Waals surface area contributed by atoms with Crippen molar-refractivity contribution in [1.29, 1.82) is 0 Å². The fraction of sp³-hybridized carbons (Fsp3) is 0.513. The van der Waals surface area contributed by atoms with Crippen molar-refractivity contribution in [3.63, 3.8) is 0 Å². The molecule has 1 aromatic heterocycles. The summed E-state index contributed by atoms with van der Waals surface area (Å²) in [4.78, 5) is 40.2. The largest absolute Gasteiger partial charge is 0.481 e. The molecule has 8 heteroatoms. The molecule has 1 saturated heterocycles. The van der Waals surface area contributed by atoms with Gasteiger partial charge in [0.25, 0.3) is 5.91 Å². The number of furan rings is 1. The summed E-state index contributed by atoms with van der Waals surface area (Å²) in [6.45, 7) is 6.82. The number of carboxylic acid groups (broad SMARTS) is 1. The smallest absolute Gasteiger partial charge is 0.303 e. The van der Waals surface area contributed by atoms with Crippen LogP contribution in [-0.2, 0) is 16.0 Å². The van der Waals surface area contributed by atoms with Crippen LogP contribution in [0.5, 0.6) is 0 Å². The summed E-state index contributed by atoms with van der Waals surface area (Å²) in [6, 6.07) is 20.1. The van der Waals surface area contributed by atoms with Gasteiger partial charge in [0.15, 0.2) is 5.76 Å². The number of para-hydroxylation sites is 1. The molecule has 0 bridgehead atoms. The van der Waals surface area contributed by atoms with E-state index in [9.17, 15) is 14.4 Å². The number of likely N-dealkylation sites (tertiary alicyclic amines) is 1. The number of benzene rings is 2. The molecular formula is C39H53N3O5. The molecule has 1 aliphatic carbocycles. The van der Waals surface area contributed by atoms with E-state index in [1.807, 2.05) is 36.1 Å². The van der Waals surface area contributed by atoms with E-state index in [-0.39, 0.29) is 17.9 Å². The van der Waals surface area contributed by atoms with E-state index in [1.165, 1.54) is 43.2 Å². The second-order valence-electron chi connectivity index (χ2n) is 13.1. The molecule has 2 heterocycles. The zero-order valence-electron chi connectivity index (χ0n) is 28.3. The number of piperidine rings is 1. The molecule has 0 radical (unpaired) electrons. The highest BCUT2D eigenvalue weighted by atomic mass is 16.4. The van der Waals surface area contributed by atoms with Gasteiger partial charge in [-0.2, -0.15) is 0 Å². The highest BCUT2D eigenvalue weighted by Crippen LogP contribution is 2.29. The van der Waals surface area contributed by atoms with E-state index in [0.29, 0.717) is 18.6 Å². The minimum absolute atomic E-state index is 0.0744. The van der Waals surface area contributed by atoms with Crippen LogP contribution in [0.4, 0.5) is 11.4 Å². The van der Waals surface area contributed by atoms with Gasteiger partial charge < -0.3 is 24.6 Å². The van der Waals surface area contributed by atoms with Crippen LogP contribution in [0.2, 0.25) is 0 Å². The van der Waals surface area contributed by atoms with Gasteiger partial charge in [-0.25, -0.2) is 0 Å². The average Bonchev–Trinajstić information content (AvgIpc) is 3.63. The third-order valence-corrected chi connectivity index (χ3v) is 9.37. The molecule has 2 N–H and O–H groups in total. The molecule has 8 nitrogen and oxygen atoms in total. The standard InChI is InChI=1S/C35H45N3O3.C4H8O2/c1-27-15-18-30(19-16-27)38(35(40)33-14-8-26-41-33)31-21-24-37(25-22-31)23-7-12-29-11-5-6-13-32(29)36-34(39)20-17-28-9-3-2-4-10-28;1-2-3-4(5)6/h5-6,8,11,13-16,18-19,26,28,31H,2-4,7,9-10,12,17,20-25H2,1H3,(H,36,39);2-3H2,1H3,(H,5,6). The van der Waals surface area contributed by atoms with Gasteiger partial charge in [0.05, 0.1) is 6.26 Å². The Labute approximate surface area is 280 Å². The van der Waals surface area contributed by atoms with Gasteiger partial charge >= 0.3 is 5.97 Å². The lowest BCUT2D eigenvalue weighted by molar-refractivity contribution is -0.137. The van der Waals surface area contributed by atoms with E-state index in [2.05, 4.69) is 41.4 Å².